The van der Waals surface area contributed by atoms with E-state index < -0.39 is 44.0 Å². The highest BCUT2D eigenvalue weighted by atomic mass is 35.5. The number of sulfonamides is 1. The third-order valence-electron chi connectivity index (χ3n) is 5.32. The van der Waals surface area contributed by atoms with Gasteiger partial charge in [-0.05, 0) is 49.4 Å². The molecule has 0 atom stereocenters. The van der Waals surface area contributed by atoms with Crippen molar-refractivity contribution in [3.05, 3.63) is 85.9 Å². The molecule has 3 aromatic rings. The van der Waals surface area contributed by atoms with E-state index in [9.17, 15) is 28.1 Å². The van der Waals surface area contributed by atoms with Crippen molar-refractivity contribution in [1.82, 2.24) is 0 Å². The summed E-state index contributed by atoms with van der Waals surface area (Å²) in [7, 11) is -2.09. The molecule has 0 aromatic heterocycles. The van der Waals surface area contributed by atoms with Crippen molar-refractivity contribution in [3.63, 3.8) is 0 Å². The van der Waals surface area contributed by atoms with Crippen molar-refractivity contribution in [1.29, 1.82) is 0 Å². The van der Waals surface area contributed by atoms with E-state index in [0.717, 1.165) is 6.07 Å². The molecule has 0 saturated carbocycles. The number of nitrogens with one attached hydrogen (secondary N) is 1. The Hall–Kier alpha value is -3.87. The van der Waals surface area contributed by atoms with E-state index in [2.05, 4.69) is 10.1 Å². The Balaban J connectivity index is 2.09. The summed E-state index contributed by atoms with van der Waals surface area (Å²) < 4.78 is 38.2. The van der Waals surface area contributed by atoms with Gasteiger partial charge >= 0.3 is 5.97 Å². The van der Waals surface area contributed by atoms with Gasteiger partial charge in [-0.1, -0.05) is 29.3 Å². The number of halogens is 2. The van der Waals surface area contributed by atoms with Crippen molar-refractivity contribution in [2.45, 2.75) is 11.8 Å². The van der Waals surface area contributed by atoms with Crippen LogP contribution in [-0.2, 0) is 19.6 Å². The molecule has 0 radical (unpaired) electrons. The molecule has 0 spiro atoms. The summed E-state index contributed by atoms with van der Waals surface area (Å²) in [4.78, 5) is 35.3. The number of esters is 1. The van der Waals surface area contributed by atoms with Gasteiger partial charge in [0.15, 0.2) is 0 Å². The van der Waals surface area contributed by atoms with Crippen molar-refractivity contribution < 1.29 is 32.4 Å². The van der Waals surface area contributed by atoms with Crippen LogP contribution in [0.15, 0.2) is 59.5 Å². The van der Waals surface area contributed by atoms with Gasteiger partial charge < -0.3 is 14.8 Å². The molecule has 0 aliphatic heterocycles. The van der Waals surface area contributed by atoms with Gasteiger partial charge in [0.05, 0.1) is 46.0 Å². The van der Waals surface area contributed by atoms with E-state index in [4.69, 9.17) is 27.9 Å². The van der Waals surface area contributed by atoms with Crippen LogP contribution in [-0.4, -0.2) is 46.0 Å². The molecule has 0 saturated heterocycles. The molecule has 1 N–H and O–H groups in total. The van der Waals surface area contributed by atoms with Gasteiger partial charge in [0.25, 0.3) is 15.7 Å². The second kappa shape index (κ2) is 11.7. The van der Waals surface area contributed by atoms with Gasteiger partial charge in [-0.25, -0.2) is 13.2 Å². The normalized spacial score (nSPS) is 11.0. The zero-order valence-corrected chi connectivity index (χ0v) is 22.6. The summed E-state index contributed by atoms with van der Waals surface area (Å²) in [5.74, 6) is -1.45. The topological polar surface area (TPSA) is 145 Å². The summed E-state index contributed by atoms with van der Waals surface area (Å²) in [6, 6.07) is 11.6. The number of aryl methyl sites for hydroxylation is 1. The van der Waals surface area contributed by atoms with Crippen LogP contribution in [0.2, 0.25) is 10.0 Å². The van der Waals surface area contributed by atoms with Gasteiger partial charge in [0.1, 0.15) is 12.3 Å². The second-order valence-corrected chi connectivity index (χ2v) is 10.5. The van der Waals surface area contributed by atoms with Gasteiger partial charge in [-0.15, -0.1) is 0 Å². The number of nitrogens with zero attached hydrogens (tertiary/aromatic N) is 2. The number of carbonyl (C=O) groups is 2. The van der Waals surface area contributed by atoms with E-state index in [1.165, 1.54) is 69.7 Å². The molecule has 200 valence electrons. The van der Waals surface area contributed by atoms with E-state index in [1.807, 2.05) is 0 Å². The lowest BCUT2D eigenvalue weighted by Gasteiger charge is -2.26. The van der Waals surface area contributed by atoms with E-state index in [-0.39, 0.29) is 38.3 Å². The Morgan fingerprint density at radius 1 is 1.05 bits per heavy atom. The summed E-state index contributed by atoms with van der Waals surface area (Å²) in [6.07, 6.45) is 0. The number of nitro benzene ring substituents is 1. The lowest BCUT2D eigenvalue weighted by Crippen LogP contribution is -2.38. The first-order valence-electron chi connectivity index (χ1n) is 10.7. The predicted octanol–water partition coefficient (Wildman–Crippen LogP) is 4.84. The quantitative estimate of drug-likeness (QED) is 0.214. The number of amides is 1. The van der Waals surface area contributed by atoms with Crippen molar-refractivity contribution in [2.24, 2.45) is 0 Å². The first kappa shape index (κ1) is 28.7. The maximum Gasteiger partial charge on any atom is 0.337 e. The molecule has 11 nitrogen and oxygen atoms in total. The molecule has 0 bridgehead atoms. The van der Waals surface area contributed by atoms with Gasteiger partial charge in [-0.3, -0.25) is 19.2 Å². The fourth-order valence-corrected chi connectivity index (χ4v) is 5.19. The van der Waals surface area contributed by atoms with E-state index in [0.29, 0.717) is 4.31 Å². The molecule has 38 heavy (non-hydrogen) atoms. The number of benzene rings is 3. The average Bonchev–Trinajstić information content (AvgIpc) is 2.87. The number of ether oxygens (including phenoxy) is 2. The Morgan fingerprint density at radius 3 is 2.39 bits per heavy atom. The summed E-state index contributed by atoms with van der Waals surface area (Å²) in [5.41, 5.74) is -0.132. The minimum Gasteiger partial charge on any atom is -0.495 e. The molecular formula is C24H21Cl2N3O8S. The van der Waals surface area contributed by atoms with E-state index in [1.54, 1.807) is 0 Å². The van der Waals surface area contributed by atoms with Gasteiger partial charge in [-0.2, -0.15) is 0 Å². The molecular weight excluding hydrogens is 561 g/mol. The molecule has 0 aliphatic carbocycles. The fourth-order valence-electron chi connectivity index (χ4n) is 3.42. The van der Waals surface area contributed by atoms with E-state index >= 15 is 0 Å². The third-order valence-corrected chi connectivity index (χ3v) is 7.64. The summed E-state index contributed by atoms with van der Waals surface area (Å²) in [5, 5.41) is 14.1. The smallest absolute Gasteiger partial charge is 0.337 e. The second-order valence-electron chi connectivity index (χ2n) is 7.77. The molecule has 1 amide bonds. The van der Waals surface area contributed by atoms with Crippen LogP contribution in [0.5, 0.6) is 5.75 Å². The van der Waals surface area contributed by atoms with Gasteiger partial charge in [0.2, 0.25) is 5.91 Å². The maximum atomic E-state index is 13.8. The average molecular weight is 582 g/mol. The van der Waals surface area contributed by atoms with Crippen LogP contribution in [0.3, 0.4) is 0 Å². The molecule has 3 rings (SSSR count). The van der Waals surface area contributed by atoms with Gasteiger partial charge in [0, 0.05) is 16.7 Å². The van der Waals surface area contributed by atoms with Crippen LogP contribution < -0.4 is 14.4 Å². The number of rotatable bonds is 9. The lowest BCUT2D eigenvalue weighted by atomic mass is 10.2. The van der Waals surface area contributed by atoms with Crippen LogP contribution in [0, 0.1) is 17.0 Å². The zero-order valence-electron chi connectivity index (χ0n) is 20.2. The van der Waals surface area contributed by atoms with Crippen LogP contribution >= 0.6 is 23.2 Å². The number of hydrogen-bond donors (Lipinski definition) is 1. The standard InChI is InChI=1S/C24H21Cl2N3O8S/c1-14-4-7-17(12-20(14)29(32)33)38(34,35)28(21-11-16(25)6-9-22(21)36-2)13-23(30)27-19-10-15(24(31)37-3)5-8-18(19)26/h4-12H,13H2,1-3H3,(H,27,30). The fraction of sp³-hybridized carbons (Fsp3) is 0.167. The van der Waals surface area contributed by atoms with Crippen molar-refractivity contribution >= 4 is 62.2 Å². The highest BCUT2D eigenvalue weighted by molar-refractivity contribution is 7.92. The summed E-state index contributed by atoms with van der Waals surface area (Å²) >= 11 is 12.3. The molecule has 0 aliphatic rings. The number of carbonyl (C=O) groups excluding carboxylic acids is 2. The number of methoxy groups -OCH3 is 2. The highest BCUT2D eigenvalue weighted by Gasteiger charge is 2.31. The first-order chi connectivity index (χ1) is 17.9. The van der Waals surface area contributed by atoms with Crippen molar-refractivity contribution in [3.8, 4) is 5.75 Å². The number of nitro groups is 1. The zero-order chi connectivity index (χ0) is 28.2. The number of anilines is 2. The monoisotopic (exact) mass is 581 g/mol. The minimum absolute atomic E-state index is 0.0287. The lowest BCUT2D eigenvalue weighted by molar-refractivity contribution is -0.385. The van der Waals surface area contributed by atoms with Crippen molar-refractivity contribution in [2.75, 3.05) is 30.4 Å². The molecule has 3 aromatic carbocycles. The molecule has 0 fully saturated rings. The SMILES string of the molecule is COC(=O)c1ccc(Cl)c(NC(=O)CN(c2cc(Cl)ccc2OC)S(=O)(=O)c2ccc(C)c([N+](=O)[O-])c2)c1. The minimum atomic E-state index is -4.58. The van der Waals surface area contributed by atoms with Crippen LogP contribution in [0.1, 0.15) is 15.9 Å². The predicted molar refractivity (Wildman–Crippen MR) is 142 cm³/mol. The van der Waals surface area contributed by atoms with Crippen LogP contribution in [0.4, 0.5) is 17.1 Å². The Morgan fingerprint density at radius 2 is 1.76 bits per heavy atom. The molecule has 0 unspecified atom stereocenters. The Kier molecular flexibility index (Phi) is 8.82. The third kappa shape index (κ3) is 6.15. The Bertz CT molecular complexity index is 1530. The Labute approximate surface area is 228 Å². The number of hydrogen-bond acceptors (Lipinski definition) is 8. The largest absolute Gasteiger partial charge is 0.495 e. The maximum absolute atomic E-state index is 13.8. The highest BCUT2D eigenvalue weighted by Crippen LogP contribution is 2.36. The summed E-state index contributed by atoms with van der Waals surface area (Å²) in [6.45, 7) is 0.658. The first-order valence-corrected chi connectivity index (χ1v) is 12.9. The molecule has 0 heterocycles. The van der Waals surface area contributed by atoms with Crippen LogP contribution in [0.25, 0.3) is 0 Å². The molecule has 14 heteroatoms.